The van der Waals surface area contributed by atoms with Crippen LogP contribution in [0.1, 0.15) is 39.0 Å². The summed E-state index contributed by atoms with van der Waals surface area (Å²) in [5, 5.41) is 6.48. The number of hydrogen-bond acceptors (Lipinski definition) is 2. The van der Waals surface area contributed by atoms with Crippen LogP contribution in [0.3, 0.4) is 0 Å². The fourth-order valence-electron chi connectivity index (χ4n) is 2.73. The summed E-state index contributed by atoms with van der Waals surface area (Å²) in [4.78, 5) is 12.0. The molecule has 14 heavy (non-hydrogen) atoms. The summed E-state index contributed by atoms with van der Waals surface area (Å²) in [6, 6.07) is 0. The fraction of sp³-hybridized carbons (Fsp3) is 0.909. The van der Waals surface area contributed by atoms with Crippen LogP contribution in [0.4, 0.5) is 0 Å². The molecule has 1 unspecified atom stereocenters. The normalized spacial score (nSPS) is 33.6. The van der Waals surface area contributed by atoms with E-state index in [0.717, 1.165) is 25.9 Å². The Morgan fingerprint density at radius 2 is 2.21 bits per heavy atom. The summed E-state index contributed by atoms with van der Waals surface area (Å²) in [7, 11) is 0. The third kappa shape index (κ3) is 1.44. The highest BCUT2D eigenvalue weighted by Gasteiger charge is 2.47. The predicted octanol–water partition coefficient (Wildman–Crippen LogP) is 1.04. The lowest BCUT2D eigenvalue weighted by atomic mass is 9.67. The van der Waals surface area contributed by atoms with Crippen molar-refractivity contribution in [2.45, 2.75) is 44.6 Å². The molecule has 1 saturated heterocycles. The Hall–Kier alpha value is -0.570. The van der Waals surface area contributed by atoms with Crippen molar-refractivity contribution in [3.8, 4) is 0 Å². The molecule has 2 N–H and O–H groups in total. The lowest BCUT2D eigenvalue weighted by molar-refractivity contribution is -0.134. The molecule has 3 heteroatoms. The van der Waals surface area contributed by atoms with Crippen molar-refractivity contribution < 1.29 is 4.79 Å². The summed E-state index contributed by atoms with van der Waals surface area (Å²) < 4.78 is 0. The lowest BCUT2D eigenvalue weighted by Gasteiger charge is -2.47. The van der Waals surface area contributed by atoms with E-state index in [1.807, 2.05) is 0 Å². The van der Waals surface area contributed by atoms with Gasteiger partial charge in [-0.15, -0.1) is 0 Å². The number of rotatable bonds is 3. The largest absolute Gasteiger partial charge is 0.353 e. The molecular weight excluding hydrogens is 176 g/mol. The molecule has 1 aliphatic carbocycles. The number of carbonyl (C=O) groups is 1. The molecule has 1 amide bonds. The molecule has 0 aromatic heterocycles. The van der Waals surface area contributed by atoms with Gasteiger partial charge in [-0.25, -0.2) is 0 Å². The van der Waals surface area contributed by atoms with E-state index in [0.29, 0.717) is 5.92 Å². The molecule has 1 aliphatic heterocycles. The van der Waals surface area contributed by atoms with Crippen LogP contribution in [0.2, 0.25) is 0 Å². The van der Waals surface area contributed by atoms with Crippen molar-refractivity contribution in [3.63, 3.8) is 0 Å². The third-order valence-electron chi connectivity index (χ3n) is 3.70. The van der Waals surface area contributed by atoms with E-state index < -0.39 is 0 Å². The molecule has 1 atom stereocenters. The van der Waals surface area contributed by atoms with E-state index in [1.54, 1.807) is 0 Å². The number of piperazine rings is 1. The summed E-state index contributed by atoms with van der Waals surface area (Å²) in [5.74, 6) is 0.832. The molecule has 0 bridgehead atoms. The highest BCUT2D eigenvalue weighted by molar-refractivity contribution is 5.87. The molecule has 80 valence electrons. The Morgan fingerprint density at radius 1 is 1.43 bits per heavy atom. The van der Waals surface area contributed by atoms with E-state index in [4.69, 9.17) is 0 Å². The smallest absolute Gasteiger partial charge is 0.240 e. The quantitative estimate of drug-likeness (QED) is 0.708. The first-order valence-corrected chi connectivity index (χ1v) is 5.83. The van der Waals surface area contributed by atoms with Gasteiger partial charge in [-0.3, -0.25) is 4.79 Å². The van der Waals surface area contributed by atoms with Crippen molar-refractivity contribution >= 4 is 5.91 Å². The Balaban J connectivity index is 2.13. The van der Waals surface area contributed by atoms with Gasteiger partial charge in [0.2, 0.25) is 5.91 Å². The Bertz CT molecular complexity index is 221. The molecule has 1 heterocycles. The van der Waals surface area contributed by atoms with Gasteiger partial charge >= 0.3 is 0 Å². The number of carbonyl (C=O) groups excluding carboxylic acids is 1. The number of hydrogen-bond donors (Lipinski definition) is 2. The van der Waals surface area contributed by atoms with Crippen LogP contribution < -0.4 is 10.6 Å². The molecule has 0 aromatic rings. The van der Waals surface area contributed by atoms with Gasteiger partial charge in [0.1, 0.15) is 5.54 Å². The van der Waals surface area contributed by atoms with Crippen LogP contribution in [0, 0.1) is 5.92 Å². The van der Waals surface area contributed by atoms with Gasteiger partial charge in [-0.2, -0.15) is 0 Å². The van der Waals surface area contributed by atoms with Crippen molar-refractivity contribution in [2.24, 2.45) is 5.92 Å². The summed E-state index contributed by atoms with van der Waals surface area (Å²) in [6.07, 6.45) is 5.81. The Kier molecular flexibility index (Phi) is 2.77. The van der Waals surface area contributed by atoms with Gasteiger partial charge in [0, 0.05) is 13.1 Å². The Morgan fingerprint density at radius 3 is 2.71 bits per heavy atom. The first-order chi connectivity index (χ1) is 6.79. The summed E-state index contributed by atoms with van der Waals surface area (Å²) >= 11 is 0. The Labute approximate surface area is 85.6 Å². The predicted molar refractivity (Wildman–Crippen MR) is 56.0 cm³/mol. The van der Waals surface area contributed by atoms with Crippen LogP contribution in [0.25, 0.3) is 0 Å². The topological polar surface area (TPSA) is 41.1 Å². The second-order valence-electron chi connectivity index (χ2n) is 4.53. The number of nitrogens with one attached hydrogen (secondary N) is 2. The van der Waals surface area contributed by atoms with E-state index in [2.05, 4.69) is 17.6 Å². The first kappa shape index (κ1) is 9.97. The minimum atomic E-state index is -0.217. The minimum Gasteiger partial charge on any atom is -0.353 e. The zero-order valence-electron chi connectivity index (χ0n) is 8.94. The van der Waals surface area contributed by atoms with Gasteiger partial charge < -0.3 is 10.6 Å². The zero-order valence-corrected chi connectivity index (χ0v) is 8.94. The third-order valence-corrected chi connectivity index (χ3v) is 3.70. The first-order valence-electron chi connectivity index (χ1n) is 5.83. The van der Waals surface area contributed by atoms with Gasteiger partial charge in [-0.1, -0.05) is 19.8 Å². The molecule has 0 aromatic carbocycles. The number of amides is 1. The van der Waals surface area contributed by atoms with Crippen molar-refractivity contribution in [1.82, 2.24) is 10.6 Å². The monoisotopic (exact) mass is 196 g/mol. The van der Waals surface area contributed by atoms with Gasteiger partial charge in [0.15, 0.2) is 0 Å². The molecule has 2 aliphatic rings. The van der Waals surface area contributed by atoms with E-state index in [1.165, 1.54) is 19.3 Å². The van der Waals surface area contributed by atoms with Gasteiger partial charge in [0.25, 0.3) is 0 Å². The molecule has 2 fully saturated rings. The van der Waals surface area contributed by atoms with E-state index in [-0.39, 0.29) is 11.4 Å². The average molecular weight is 196 g/mol. The van der Waals surface area contributed by atoms with E-state index in [9.17, 15) is 4.79 Å². The van der Waals surface area contributed by atoms with Crippen LogP contribution in [0.5, 0.6) is 0 Å². The molecule has 1 saturated carbocycles. The molecule has 2 rings (SSSR count). The minimum absolute atomic E-state index is 0.217. The second kappa shape index (κ2) is 3.89. The SMILES string of the molecule is CCCC1(C2CCC2)NCCNC1=O. The average Bonchev–Trinajstić information content (AvgIpc) is 2.07. The van der Waals surface area contributed by atoms with Crippen LogP contribution in [-0.4, -0.2) is 24.5 Å². The van der Waals surface area contributed by atoms with Crippen molar-refractivity contribution in [3.05, 3.63) is 0 Å². The second-order valence-corrected chi connectivity index (χ2v) is 4.53. The molecule has 0 spiro atoms. The zero-order chi connectivity index (χ0) is 10.0. The maximum atomic E-state index is 12.0. The van der Waals surface area contributed by atoms with Crippen molar-refractivity contribution in [1.29, 1.82) is 0 Å². The van der Waals surface area contributed by atoms with Gasteiger partial charge in [-0.05, 0) is 25.2 Å². The highest BCUT2D eigenvalue weighted by atomic mass is 16.2. The highest BCUT2D eigenvalue weighted by Crippen LogP contribution is 2.39. The van der Waals surface area contributed by atoms with Crippen molar-refractivity contribution in [2.75, 3.05) is 13.1 Å². The van der Waals surface area contributed by atoms with E-state index >= 15 is 0 Å². The van der Waals surface area contributed by atoms with Crippen LogP contribution >= 0.6 is 0 Å². The molecule has 3 nitrogen and oxygen atoms in total. The molecule has 0 radical (unpaired) electrons. The molecular formula is C11H20N2O. The fourth-order valence-corrected chi connectivity index (χ4v) is 2.73. The van der Waals surface area contributed by atoms with Crippen LogP contribution in [-0.2, 0) is 4.79 Å². The standard InChI is InChI=1S/C11H20N2O/c1-2-6-11(9-4-3-5-9)10(14)12-7-8-13-11/h9,13H,2-8H2,1H3,(H,12,14). The van der Waals surface area contributed by atoms with Gasteiger partial charge in [0.05, 0.1) is 0 Å². The summed E-state index contributed by atoms with van der Waals surface area (Å²) in [6.45, 7) is 3.88. The maximum absolute atomic E-state index is 12.0. The summed E-state index contributed by atoms with van der Waals surface area (Å²) in [5.41, 5.74) is -0.217. The van der Waals surface area contributed by atoms with Crippen LogP contribution in [0.15, 0.2) is 0 Å². The maximum Gasteiger partial charge on any atom is 0.240 e. The lowest BCUT2D eigenvalue weighted by Crippen LogP contribution is -2.67.